The fraction of sp³-hybridized carbons (Fsp3) is 0.385. The quantitative estimate of drug-likeness (QED) is 0.791. The van der Waals surface area contributed by atoms with Gasteiger partial charge in [0, 0.05) is 35.4 Å². The molecule has 5 nitrogen and oxygen atoms in total. The van der Waals surface area contributed by atoms with Crippen molar-refractivity contribution in [1.82, 2.24) is 15.3 Å². The van der Waals surface area contributed by atoms with Crippen molar-refractivity contribution in [3.05, 3.63) is 54.5 Å². The maximum Gasteiger partial charge on any atom is 0.304 e. The summed E-state index contributed by atoms with van der Waals surface area (Å²) in [5, 5.41) is 5.28. The molecule has 0 saturated carbocycles. The van der Waals surface area contributed by atoms with E-state index in [2.05, 4.69) is 15.3 Å². The number of rotatable bonds is 3. The van der Waals surface area contributed by atoms with Crippen LogP contribution in [0.3, 0.4) is 0 Å². The average molecular weight is 277 g/mol. The molecular formula is C13H15N3O2S. The second-order valence-corrected chi connectivity index (χ2v) is 5.60. The number of hydrogen-bond donors (Lipinski definition) is 3. The number of aromatic nitrogens is 2. The SMILES string of the molecule is O=c1ccc2c([nH]1)CCCC2NCc1csc(=O)[nH]1. The topological polar surface area (TPSA) is 77.8 Å². The van der Waals surface area contributed by atoms with Crippen molar-refractivity contribution in [3.8, 4) is 0 Å². The van der Waals surface area contributed by atoms with Crippen molar-refractivity contribution in [1.29, 1.82) is 0 Å². The number of fused-ring (bicyclic) bond motifs is 1. The lowest BCUT2D eigenvalue weighted by atomic mass is 9.91. The molecule has 0 radical (unpaired) electrons. The van der Waals surface area contributed by atoms with Gasteiger partial charge >= 0.3 is 4.87 Å². The molecule has 0 aromatic carbocycles. The third-order valence-corrected chi connectivity index (χ3v) is 4.16. The van der Waals surface area contributed by atoms with E-state index in [0.29, 0.717) is 6.54 Å². The molecule has 3 N–H and O–H groups in total. The van der Waals surface area contributed by atoms with Crippen LogP contribution >= 0.6 is 11.3 Å². The third kappa shape index (κ3) is 2.69. The lowest BCUT2D eigenvalue weighted by Crippen LogP contribution is -2.27. The predicted octanol–water partition coefficient (Wildman–Crippen LogP) is 1.29. The largest absolute Gasteiger partial charge is 0.326 e. The molecular weight excluding hydrogens is 262 g/mol. The summed E-state index contributed by atoms with van der Waals surface area (Å²) < 4.78 is 0. The summed E-state index contributed by atoms with van der Waals surface area (Å²) >= 11 is 1.18. The van der Waals surface area contributed by atoms with Gasteiger partial charge in [-0.1, -0.05) is 17.4 Å². The Morgan fingerprint density at radius 1 is 1.32 bits per heavy atom. The van der Waals surface area contributed by atoms with Crippen LogP contribution in [0.2, 0.25) is 0 Å². The zero-order valence-corrected chi connectivity index (χ0v) is 11.2. The number of aryl methyl sites for hydroxylation is 1. The third-order valence-electron chi connectivity index (χ3n) is 3.44. The van der Waals surface area contributed by atoms with Crippen molar-refractivity contribution in [3.63, 3.8) is 0 Å². The Bertz CT molecular complexity index is 685. The molecule has 2 aromatic heterocycles. The molecule has 19 heavy (non-hydrogen) atoms. The second-order valence-electron chi connectivity index (χ2n) is 4.76. The van der Waals surface area contributed by atoms with Gasteiger partial charge in [0.15, 0.2) is 0 Å². The second kappa shape index (κ2) is 5.14. The molecule has 100 valence electrons. The molecule has 1 atom stereocenters. The van der Waals surface area contributed by atoms with Gasteiger partial charge in [0.1, 0.15) is 0 Å². The maximum absolute atomic E-state index is 11.3. The van der Waals surface area contributed by atoms with E-state index in [-0.39, 0.29) is 16.5 Å². The van der Waals surface area contributed by atoms with Gasteiger partial charge in [-0.15, -0.1) is 0 Å². The first kappa shape index (κ1) is 12.4. The van der Waals surface area contributed by atoms with Gasteiger partial charge in [0.2, 0.25) is 5.56 Å². The van der Waals surface area contributed by atoms with Crippen LogP contribution in [0.1, 0.15) is 35.8 Å². The minimum Gasteiger partial charge on any atom is -0.326 e. The monoisotopic (exact) mass is 277 g/mol. The first-order valence-corrected chi connectivity index (χ1v) is 7.22. The smallest absolute Gasteiger partial charge is 0.304 e. The highest BCUT2D eigenvalue weighted by Gasteiger charge is 2.20. The molecule has 3 rings (SSSR count). The van der Waals surface area contributed by atoms with E-state index in [1.165, 1.54) is 16.9 Å². The molecule has 0 amide bonds. The van der Waals surface area contributed by atoms with E-state index in [4.69, 9.17) is 0 Å². The van der Waals surface area contributed by atoms with Gasteiger partial charge in [-0.3, -0.25) is 9.59 Å². The maximum atomic E-state index is 11.3. The Kier molecular flexibility index (Phi) is 3.35. The normalized spacial score (nSPS) is 18.2. The summed E-state index contributed by atoms with van der Waals surface area (Å²) in [6, 6.07) is 3.72. The van der Waals surface area contributed by atoms with Crippen molar-refractivity contribution in [2.24, 2.45) is 0 Å². The zero-order valence-electron chi connectivity index (χ0n) is 10.4. The van der Waals surface area contributed by atoms with Crippen LogP contribution in [0.5, 0.6) is 0 Å². The lowest BCUT2D eigenvalue weighted by Gasteiger charge is -2.25. The highest BCUT2D eigenvalue weighted by atomic mass is 32.1. The number of hydrogen-bond acceptors (Lipinski definition) is 4. The highest BCUT2D eigenvalue weighted by molar-refractivity contribution is 7.07. The summed E-state index contributed by atoms with van der Waals surface area (Å²) in [6.07, 6.45) is 3.04. The Morgan fingerprint density at radius 2 is 2.21 bits per heavy atom. The summed E-state index contributed by atoms with van der Waals surface area (Å²) in [5.41, 5.74) is 3.08. The van der Waals surface area contributed by atoms with E-state index < -0.39 is 0 Å². The van der Waals surface area contributed by atoms with Crippen LogP contribution in [0.4, 0.5) is 0 Å². The number of thiazole rings is 1. The van der Waals surface area contributed by atoms with Crippen LogP contribution in [-0.2, 0) is 13.0 Å². The highest BCUT2D eigenvalue weighted by Crippen LogP contribution is 2.27. The summed E-state index contributed by atoms with van der Waals surface area (Å²) in [4.78, 5) is 28.1. The zero-order chi connectivity index (χ0) is 13.2. The number of nitrogens with one attached hydrogen (secondary N) is 3. The van der Waals surface area contributed by atoms with Gasteiger partial charge in [0.25, 0.3) is 0 Å². The summed E-state index contributed by atoms with van der Waals surface area (Å²) in [5.74, 6) is 0. The van der Waals surface area contributed by atoms with Crippen molar-refractivity contribution in [2.75, 3.05) is 0 Å². The first-order valence-electron chi connectivity index (χ1n) is 6.34. The molecule has 6 heteroatoms. The van der Waals surface area contributed by atoms with Crippen LogP contribution in [0.15, 0.2) is 27.1 Å². The molecule has 1 aliphatic rings. The number of H-pyrrole nitrogens is 2. The summed E-state index contributed by atoms with van der Waals surface area (Å²) in [7, 11) is 0. The molecule has 1 aliphatic carbocycles. The summed E-state index contributed by atoms with van der Waals surface area (Å²) in [6.45, 7) is 0.641. The molecule has 2 aromatic rings. The predicted molar refractivity (Wildman–Crippen MR) is 74.5 cm³/mol. The van der Waals surface area contributed by atoms with Crippen LogP contribution in [-0.4, -0.2) is 9.97 Å². The van der Waals surface area contributed by atoms with E-state index in [9.17, 15) is 9.59 Å². The van der Waals surface area contributed by atoms with Gasteiger partial charge in [0.05, 0.1) is 0 Å². The fourth-order valence-electron chi connectivity index (χ4n) is 2.55. The molecule has 0 fully saturated rings. The lowest BCUT2D eigenvalue weighted by molar-refractivity contribution is 0.451. The number of aromatic amines is 2. The molecule has 0 aliphatic heterocycles. The minimum atomic E-state index is -0.0402. The fourth-order valence-corrected chi connectivity index (χ4v) is 3.13. The molecule has 0 saturated heterocycles. The van der Waals surface area contributed by atoms with E-state index in [1.807, 2.05) is 11.4 Å². The molecule has 1 unspecified atom stereocenters. The van der Waals surface area contributed by atoms with Crippen LogP contribution in [0, 0.1) is 0 Å². The number of pyridine rings is 1. The van der Waals surface area contributed by atoms with E-state index in [1.54, 1.807) is 6.07 Å². The van der Waals surface area contributed by atoms with Gasteiger partial charge < -0.3 is 15.3 Å². The van der Waals surface area contributed by atoms with Crippen LogP contribution in [0.25, 0.3) is 0 Å². The standard InChI is InChI=1S/C13H15N3O2S/c17-12-5-4-9-10(2-1-3-11(9)16-12)14-6-8-7-19-13(18)15-8/h4-5,7,10,14H,1-3,6H2,(H,15,18)(H,16,17). The van der Waals surface area contributed by atoms with E-state index >= 15 is 0 Å². The Labute approximate surface area is 113 Å². The van der Waals surface area contributed by atoms with Crippen molar-refractivity contribution in [2.45, 2.75) is 31.8 Å². The van der Waals surface area contributed by atoms with Gasteiger partial charge in [-0.25, -0.2) is 0 Å². The van der Waals surface area contributed by atoms with Crippen molar-refractivity contribution >= 4 is 11.3 Å². The molecule has 0 bridgehead atoms. The van der Waals surface area contributed by atoms with Gasteiger partial charge in [-0.05, 0) is 24.8 Å². The Morgan fingerprint density at radius 3 is 3.00 bits per heavy atom. The molecule has 2 heterocycles. The molecule has 0 spiro atoms. The van der Waals surface area contributed by atoms with Crippen LogP contribution < -0.4 is 15.7 Å². The minimum absolute atomic E-state index is 0.0230. The van der Waals surface area contributed by atoms with Crippen molar-refractivity contribution < 1.29 is 0 Å². The first-order chi connectivity index (χ1) is 9.22. The van der Waals surface area contributed by atoms with Gasteiger partial charge in [-0.2, -0.15) is 0 Å². The van der Waals surface area contributed by atoms with E-state index in [0.717, 1.165) is 30.7 Å². The Hall–Kier alpha value is -1.66. The average Bonchev–Trinajstić information content (AvgIpc) is 2.81. The Balaban J connectivity index is 1.76.